The van der Waals surface area contributed by atoms with E-state index < -0.39 is 5.91 Å². The second-order valence-corrected chi connectivity index (χ2v) is 6.59. The fourth-order valence-corrected chi connectivity index (χ4v) is 2.77. The highest BCUT2D eigenvalue weighted by Crippen LogP contribution is 2.14. The number of rotatable bonds is 12. The molecule has 0 radical (unpaired) electrons. The number of amides is 1. The van der Waals surface area contributed by atoms with Crippen LogP contribution < -0.4 is 21.1 Å². The lowest BCUT2D eigenvalue weighted by atomic mass is 10.2. The topological polar surface area (TPSA) is 107 Å². The summed E-state index contributed by atoms with van der Waals surface area (Å²) < 4.78 is 16.5. The zero-order chi connectivity index (χ0) is 20.0. The maximum Gasteiger partial charge on any atom is 0.255 e. The SMILES string of the molecule is CCNC(=NCc1cccc(OCC(N)=O)c1)NCCCOCC1CCCO1.I. The Kier molecular flexibility index (Phi) is 13.4. The lowest BCUT2D eigenvalue weighted by molar-refractivity contribution is -0.119. The predicted molar refractivity (Wildman–Crippen MR) is 124 cm³/mol. The molecule has 1 saturated heterocycles. The molecule has 1 aliphatic rings. The number of ether oxygens (including phenoxy) is 3. The van der Waals surface area contributed by atoms with Crippen LogP contribution >= 0.6 is 24.0 Å². The Hall–Kier alpha value is -1.59. The van der Waals surface area contributed by atoms with Crippen LogP contribution in [0.5, 0.6) is 5.75 Å². The monoisotopic (exact) mass is 520 g/mol. The van der Waals surface area contributed by atoms with Gasteiger partial charge in [0.15, 0.2) is 12.6 Å². The first-order chi connectivity index (χ1) is 13.7. The number of carbonyl (C=O) groups excluding carboxylic acids is 1. The van der Waals surface area contributed by atoms with E-state index in [1.165, 1.54) is 0 Å². The molecule has 1 fully saturated rings. The predicted octanol–water partition coefficient (Wildman–Crippen LogP) is 1.81. The first kappa shape index (κ1) is 25.4. The zero-order valence-corrected chi connectivity index (χ0v) is 19.4. The van der Waals surface area contributed by atoms with E-state index in [0.717, 1.165) is 50.5 Å². The van der Waals surface area contributed by atoms with Gasteiger partial charge in [0.1, 0.15) is 5.75 Å². The summed E-state index contributed by atoms with van der Waals surface area (Å²) >= 11 is 0. The summed E-state index contributed by atoms with van der Waals surface area (Å²) in [7, 11) is 0. The summed E-state index contributed by atoms with van der Waals surface area (Å²) in [6.45, 7) is 6.19. The summed E-state index contributed by atoms with van der Waals surface area (Å²) in [5.74, 6) is 0.861. The first-order valence-corrected chi connectivity index (χ1v) is 9.89. The van der Waals surface area contributed by atoms with Crippen LogP contribution in [0.1, 0.15) is 31.7 Å². The van der Waals surface area contributed by atoms with Crippen LogP contribution in [0.25, 0.3) is 0 Å². The van der Waals surface area contributed by atoms with Crippen molar-refractivity contribution in [3.05, 3.63) is 29.8 Å². The molecule has 0 spiro atoms. The molecule has 0 aromatic heterocycles. The molecule has 1 aliphatic heterocycles. The van der Waals surface area contributed by atoms with Gasteiger partial charge in [0.25, 0.3) is 5.91 Å². The Morgan fingerprint density at radius 2 is 2.24 bits per heavy atom. The molecule has 4 N–H and O–H groups in total. The van der Waals surface area contributed by atoms with E-state index in [1.807, 2.05) is 25.1 Å². The highest BCUT2D eigenvalue weighted by atomic mass is 127. The molecule has 1 unspecified atom stereocenters. The van der Waals surface area contributed by atoms with Gasteiger partial charge in [-0.2, -0.15) is 0 Å². The maximum absolute atomic E-state index is 10.8. The average Bonchev–Trinajstić information content (AvgIpc) is 3.21. The van der Waals surface area contributed by atoms with Gasteiger partial charge in [-0.3, -0.25) is 4.79 Å². The third kappa shape index (κ3) is 11.2. The standard InChI is InChI=1S/C20H32N4O4.HI/c1-2-22-20(23-9-5-10-26-14-18-8-4-11-27-18)24-13-16-6-3-7-17(12-16)28-15-19(21)25;/h3,6-7,12,18H,2,4-5,8-11,13-15H2,1H3,(H2,21,25)(H2,22,23,24);1H. The van der Waals surface area contributed by atoms with Crippen molar-refractivity contribution < 1.29 is 19.0 Å². The van der Waals surface area contributed by atoms with E-state index in [2.05, 4.69) is 15.6 Å². The van der Waals surface area contributed by atoms with Gasteiger partial charge in [0.05, 0.1) is 19.3 Å². The number of nitrogens with one attached hydrogen (secondary N) is 2. The molecule has 1 atom stereocenters. The Morgan fingerprint density at radius 1 is 1.38 bits per heavy atom. The highest BCUT2D eigenvalue weighted by Gasteiger charge is 2.14. The van der Waals surface area contributed by atoms with E-state index in [-0.39, 0.29) is 36.7 Å². The summed E-state index contributed by atoms with van der Waals surface area (Å²) in [4.78, 5) is 15.4. The minimum absolute atomic E-state index is 0. The number of carbonyl (C=O) groups is 1. The molecule has 0 aliphatic carbocycles. The van der Waals surface area contributed by atoms with Gasteiger partial charge < -0.3 is 30.6 Å². The molecule has 0 bridgehead atoms. The van der Waals surface area contributed by atoms with Crippen molar-refractivity contribution in [1.82, 2.24) is 10.6 Å². The van der Waals surface area contributed by atoms with Crippen LogP contribution in [-0.4, -0.2) is 57.5 Å². The molecule has 164 valence electrons. The van der Waals surface area contributed by atoms with Crippen molar-refractivity contribution >= 4 is 35.8 Å². The van der Waals surface area contributed by atoms with Crippen molar-refractivity contribution in [3.8, 4) is 5.75 Å². The molecule has 1 amide bonds. The quantitative estimate of drug-likeness (QED) is 0.168. The number of primary amides is 1. The molecular formula is C20H33IN4O4. The van der Waals surface area contributed by atoms with E-state index in [0.29, 0.717) is 25.5 Å². The summed E-state index contributed by atoms with van der Waals surface area (Å²) in [6.07, 6.45) is 3.41. The van der Waals surface area contributed by atoms with Crippen molar-refractivity contribution in [2.75, 3.05) is 39.5 Å². The average molecular weight is 520 g/mol. The second kappa shape index (κ2) is 15.3. The smallest absolute Gasteiger partial charge is 0.255 e. The molecule has 9 heteroatoms. The third-order valence-corrected chi connectivity index (χ3v) is 4.13. The summed E-state index contributed by atoms with van der Waals surface area (Å²) in [5.41, 5.74) is 6.09. The molecule has 1 aromatic carbocycles. The van der Waals surface area contributed by atoms with E-state index in [4.69, 9.17) is 19.9 Å². The van der Waals surface area contributed by atoms with Gasteiger partial charge in [-0.25, -0.2) is 4.99 Å². The number of nitrogens with zero attached hydrogens (tertiary/aromatic N) is 1. The number of hydrogen-bond acceptors (Lipinski definition) is 5. The normalized spacial score (nSPS) is 16.2. The number of nitrogens with two attached hydrogens (primary N) is 1. The number of aliphatic imine (C=N–C) groups is 1. The number of halogens is 1. The fraction of sp³-hybridized carbons (Fsp3) is 0.600. The van der Waals surface area contributed by atoms with Crippen LogP contribution in [0.4, 0.5) is 0 Å². The van der Waals surface area contributed by atoms with Gasteiger partial charge in [-0.15, -0.1) is 24.0 Å². The molecule has 2 rings (SSSR count). The largest absolute Gasteiger partial charge is 0.484 e. The van der Waals surface area contributed by atoms with Gasteiger partial charge in [-0.1, -0.05) is 12.1 Å². The Balaban J connectivity index is 0.00000420. The zero-order valence-electron chi connectivity index (χ0n) is 17.0. The highest BCUT2D eigenvalue weighted by molar-refractivity contribution is 14.0. The van der Waals surface area contributed by atoms with Crippen molar-refractivity contribution in [3.63, 3.8) is 0 Å². The Bertz CT molecular complexity index is 624. The van der Waals surface area contributed by atoms with Crippen LogP contribution in [0.3, 0.4) is 0 Å². The third-order valence-electron chi connectivity index (χ3n) is 4.13. The lowest BCUT2D eigenvalue weighted by Crippen LogP contribution is -2.38. The number of benzene rings is 1. The van der Waals surface area contributed by atoms with Crippen LogP contribution in [0, 0.1) is 0 Å². The van der Waals surface area contributed by atoms with Gasteiger partial charge in [-0.05, 0) is 43.9 Å². The minimum atomic E-state index is -0.498. The van der Waals surface area contributed by atoms with Gasteiger partial charge in [0, 0.05) is 26.3 Å². The van der Waals surface area contributed by atoms with Crippen molar-refractivity contribution in [2.24, 2.45) is 10.7 Å². The van der Waals surface area contributed by atoms with Crippen molar-refractivity contribution in [1.29, 1.82) is 0 Å². The van der Waals surface area contributed by atoms with Crippen molar-refractivity contribution in [2.45, 2.75) is 38.8 Å². The number of hydrogen-bond donors (Lipinski definition) is 3. The van der Waals surface area contributed by atoms with Gasteiger partial charge in [0.2, 0.25) is 0 Å². The molecule has 0 saturated carbocycles. The van der Waals surface area contributed by atoms with E-state index >= 15 is 0 Å². The summed E-state index contributed by atoms with van der Waals surface area (Å²) in [5, 5.41) is 6.54. The Labute approximate surface area is 190 Å². The molecular weight excluding hydrogens is 487 g/mol. The van der Waals surface area contributed by atoms with Crippen LogP contribution in [0.15, 0.2) is 29.3 Å². The molecule has 29 heavy (non-hydrogen) atoms. The van der Waals surface area contributed by atoms with Gasteiger partial charge >= 0.3 is 0 Å². The first-order valence-electron chi connectivity index (χ1n) is 9.89. The van der Waals surface area contributed by atoms with E-state index in [9.17, 15) is 4.79 Å². The van der Waals surface area contributed by atoms with Crippen LogP contribution in [0.2, 0.25) is 0 Å². The van der Waals surface area contributed by atoms with Crippen LogP contribution in [-0.2, 0) is 20.8 Å². The lowest BCUT2D eigenvalue weighted by Gasteiger charge is -2.13. The molecule has 1 aromatic rings. The number of guanidine groups is 1. The minimum Gasteiger partial charge on any atom is -0.484 e. The molecule has 1 heterocycles. The molecule has 8 nitrogen and oxygen atoms in total. The Morgan fingerprint density at radius 3 is 2.97 bits per heavy atom. The van der Waals surface area contributed by atoms with E-state index in [1.54, 1.807) is 6.07 Å². The maximum atomic E-state index is 10.8. The fourth-order valence-electron chi connectivity index (χ4n) is 2.77. The second-order valence-electron chi connectivity index (χ2n) is 6.59. The summed E-state index contributed by atoms with van der Waals surface area (Å²) in [6, 6.07) is 7.47.